The molecule has 1 amide bonds. The number of rotatable bonds is 5. The van der Waals surface area contributed by atoms with Crippen molar-refractivity contribution >= 4 is 11.5 Å². The Morgan fingerprint density at radius 3 is 2.60 bits per heavy atom. The van der Waals surface area contributed by atoms with Crippen LogP contribution >= 0.6 is 0 Å². The topological polar surface area (TPSA) is 49.3 Å². The molecule has 6 heteroatoms. The van der Waals surface area contributed by atoms with Crippen molar-refractivity contribution in [3.05, 3.63) is 41.5 Å². The second kappa shape index (κ2) is 7.09. The van der Waals surface area contributed by atoms with E-state index >= 15 is 0 Å². The summed E-state index contributed by atoms with van der Waals surface area (Å²) in [6.45, 7) is 1.68. The van der Waals surface area contributed by atoms with Gasteiger partial charge in [-0.15, -0.1) is 0 Å². The van der Waals surface area contributed by atoms with Crippen LogP contribution in [-0.2, 0) is 11.0 Å². The van der Waals surface area contributed by atoms with E-state index in [1.54, 1.807) is 0 Å². The molecule has 0 spiro atoms. The van der Waals surface area contributed by atoms with E-state index in [0.29, 0.717) is 6.42 Å². The van der Waals surface area contributed by atoms with E-state index in [2.05, 4.69) is 5.32 Å². The molecule has 0 atom stereocenters. The average Bonchev–Trinajstić information content (AvgIpc) is 2.38. The van der Waals surface area contributed by atoms with Crippen LogP contribution in [0.4, 0.5) is 13.2 Å². The number of aliphatic hydroxyl groups is 1. The van der Waals surface area contributed by atoms with Crippen molar-refractivity contribution in [2.75, 3.05) is 13.2 Å². The van der Waals surface area contributed by atoms with Gasteiger partial charge in [-0.05, 0) is 30.5 Å². The second-order valence-electron chi connectivity index (χ2n) is 4.24. The Bertz CT molecular complexity index is 495. The summed E-state index contributed by atoms with van der Waals surface area (Å²) in [5.41, 5.74) is -0.548. The highest BCUT2D eigenvalue weighted by Gasteiger charge is 2.33. The van der Waals surface area contributed by atoms with Crippen LogP contribution in [0.5, 0.6) is 0 Å². The standard InChI is InChI=1S/C14H16F3NO2/c1-10(9-13(20)18-7-4-8-19)11-5-2-3-6-12(11)14(15,16)17/h2-3,5-6,9,19H,4,7-8H2,1H3,(H,18,20)/b10-9-. The summed E-state index contributed by atoms with van der Waals surface area (Å²) in [6.07, 6.45) is -2.93. The average molecular weight is 287 g/mol. The molecule has 0 aromatic heterocycles. The number of allylic oxidation sites excluding steroid dienone is 1. The Morgan fingerprint density at radius 2 is 2.00 bits per heavy atom. The zero-order valence-electron chi connectivity index (χ0n) is 11.0. The molecule has 0 aliphatic rings. The number of hydrogen-bond donors (Lipinski definition) is 2. The van der Waals surface area contributed by atoms with Gasteiger partial charge in [-0.1, -0.05) is 18.2 Å². The Kier molecular flexibility index (Phi) is 5.76. The van der Waals surface area contributed by atoms with Crippen molar-refractivity contribution in [3.63, 3.8) is 0 Å². The van der Waals surface area contributed by atoms with Gasteiger partial charge < -0.3 is 10.4 Å². The molecule has 1 aromatic carbocycles. The van der Waals surface area contributed by atoms with Crippen LogP contribution in [-0.4, -0.2) is 24.2 Å². The third-order valence-corrected chi connectivity index (χ3v) is 2.64. The van der Waals surface area contributed by atoms with Crippen molar-refractivity contribution in [1.29, 1.82) is 0 Å². The first-order valence-electron chi connectivity index (χ1n) is 6.10. The zero-order chi connectivity index (χ0) is 15.2. The molecule has 20 heavy (non-hydrogen) atoms. The lowest BCUT2D eigenvalue weighted by atomic mass is 10.00. The van der Waals surface area contributed by atoms with Crippen LogP contribution in [0.25, 0.3) is 5.57 Å². The van der Waals surface area contributed by atoms with Gasteiger partial charge in [-0.3, -0.25) is 4.79 Å². The Balaban J connectivity index is 2.92. The van der Waals surface area contributed by atoms with E-state index in [9.17, 15) is 18.0 Å². The summed E-state index contributed by atoms with van der Waals surface area (Å²) >= 11 is 0. The molecular formula is C14H16F3NO2. The van der Waals surface area contributed by atoms with Gasteiger partial charge >= 0.3 is 6.18 Å². The smallest absolute Gasteiger partial charge is 0.396 e. The number of benzene rings is 1. The van der Waals surface area contributed by atoms with E-state index in [4.69, 9.17) is 5.11 Å². The molecule has 0 aliphatic carbocycles. The lowest BCUT2D eigenvalue weighted by Crippen LogP contribution is -2.23. The summed E-state index contributed by atoms with van der Waals surface area (Å²) in [7, 11) is 0. The van der Waals surface area contributed by atoms with Gasteiger partial charge in [0.25, 0.3) is 0 Å². The van der Waals surface area contributed by atoms with E-state index in [-0.39, 0.29) is 24.3 Å². The molecule has 0 unspecified atom stereocenters. The zero-order valence-corrected chi connectivity index (χ0v) is 11.0. The van der Waals surface area contributed by atoms with E-state index in [1.807, 2.05) is 0 Å². The fourth-order valence-electron chi connectivity index (χ4n) is 1.69. The van der Waals surface area contributed by atoms with Crippen molar-refractivity contribution in [3.8, 4) is 0 Å². The van der Waals surface area contributed by atoms with Crippen molar-refractivity contribution in [2.45, 2.75) is 19.5 Å². The summed E-state index contributed by atoms with van der Waals surface area (Å²) in [5, 5.41) is 11.1. The van der Waals surface area contributed by atoms with Crippen molar-refractivity contribution in [2.24, 2.45) is 0 Å². The number of halogens is 3. The SMILES string of the molecule is C/C(=C/C(=O)NCCCO)c1ccccc1C(F)(F)F. The number of carbonyl (C=O) groups is 1. The first kappa shape index (κ1) is 16.2. The minimum Gasteiger partial charge on any atom is -0.396 e. The lowest BCUT2D eigenvalue weighted by Gasteiger charge is -2.13. The van der Waals surface area contributed by atoms with Crippen LogP contribution < -0.4 is 5.32 Å². The van der Waals surface area contributed by atoms with Crippen LogP contribution in [0, 0.1) is 0 Å². The van der Waals surface area contributed by atoms with Crippen molar-refractivity contribution < 1.29 is 23.1 Å². The van der Waals surface area contributed by atoms with Gasteiger partial charge in [0.05, 0.1) is 5.56 Å². The lowest BCUT2D eigenvalue weighted by molar-refractivity contribution is -0.137. The van der Waals surface area contributed by atoms with Crippen LogP contribution in [0.15, 0.2) is 30.3 Å². The van der Waals surface area contributed by atoms with Crippen LogP contribution in [0.2, 0.25) is 0 Å². The number of nitrogens with one attached hydrogen (secondary N) is 1. The first-order valence-corrected chi connectivity index (χ1v) is 6.10. The first-order chi connectivity index (χ1) is 9.36. The largest absolute Gasteiger partial charge is 0.416 e. The van der Waals surface area contributed by atoms with E-state index in [0.717, 1.165) is 12.1 Å². The minimum absolute atomic E-state index is 0.0164. The van der Waals surface area contributed by atoms with Crippen LogP contribution in [0.3, 0.4) is 0 Å². The summed E-state index contributed by atoms with van der Waals surface area (Å²) in [4.78, 5) is 11.5. The molecule has 0 fully saturated rings. The summed E-state index contributed by atoms with van der Waals surface area (Å²) in [6, 6.07) is 5.11. The Morgan fingerprint density at radius 1 is 1.35 bits per heavy atom. The third-order valence-electron chi connectivity index (χ3n) is 2.64. The fraction of sp³-hybridized carbons (Fsp3) is 0.357. The van der Waals surface area contributed by atoms with Gasteiger partial charge in [0.2, 0.25) is 5.91 Å². The number of amides is 1. The minimum atomic E-state index is -4.46. The number of carbonyl (C=O) groups excluding carboxylic acids is 1. The number of alkyl halides is 3. The third kappa shape index (κ3) is 4.70. The Hall–Kier alpha value is -1.82. The molecule has 0 saturated heterocycles. The fourth-order valence-corrected chi connectivity index (χ4v) is 1.69. The molecule has 2 N–H and O–H groups in total. The predicted molar refractivity (Wildman–Crippen MR) is 69.8 cm³/mol. The van der Waals surface area contributed by atoms with Crippen LogP contribution in [0.1, 0.15) is 24.5 Å². The number of aliphatic hydroxyl groups excluding tert-OH is 1. The van der Waals surface area contributed by atoms with Gasteiger partial charge in [0.15, 0.2) is 0 Å². The van der Waals surface area contributed by atoms with Gasteiger partial charge in [0, 0.05) is 19.2 Å². The molecule has 0 bridgehead atoms. The maximum absolute atomic E-state index is 12.8. The van der Waals surface area contributed by atoms with E-state index < -0.39 is 17.6 Å². The monoisotopic (exact) mass is 287 g/mol. The normalized spacial score (nSPS) is 12.3. The highest BCUT2D eigenvalue weighted by atomic mass is 19.4. The maximum Gasteiger partial charge on any atom is 0.416 e. The van der Waals surface area contributed by atoms with Crippen molar-refractivity contribution in [1.82, 2.24) is 5.32 Å². The molecule has 1 aromatic rings. The van der Waals surface area contributed by atoms with Gasteiger partial charge in [-0.2, -0.15) is 13.2 Å². The van der Waals surface area contributed by atoms with Gasteiger partial charge in [-0.25, -0.2) is 0 Å². The molecule has 0 radical (unpaired) electrons. The summed E-state index contributed by atoms with van der Waals surface area (Å²) in [5.74, 6) is -0.479. The molecule has 3 nitrogen and oxygen atoms in total. The molecule has 0 aliphatic heterocycles. The predicted octanol–water partition coefficient (Wildman–Crippen LogP) is 2.61. The quantitative estimate of drug-likeness (QED) is 0.646. The molecule has 0 saturated carbocycles. The van der Waals surface area contributed by atoms with Gasteiger partial charge in [0.1, 0.15) is 0 Å². The van der Waals surface area contributed by atoms with E-state index in [1.165, 1.54) is 25.1 Å². The molecule has 0 heterocycles. The number of hydrogen-bond acceptors (Lipinski definition) is 2. The summed E-state index contributed by atoms with van der Waals surface area (Å²) < 4.78 is 38.5. The molecular weight excluding hydrogens is 271 g/mol. The second-order valence-corrected chi connectivity index (χ2v) is 4.24. The molecule has 110 valence electrons. The Labute approximate surface area is 115 Å². The highest BCUT2D eigenvalue weighted by molar-refractivity contribution is 5.95. The highest BCUT2D eigenvalue weighted by Crippen LogP contribution is 2.34. The maximum atomic E-state index is 12.8. The molecule has 1 rings (SSSR count).